The minimum Gasteiger partial charge on any atom is -0.467 e. The maximum atomic E-state index is 11.9. The van der Waals surface area contributed by atoms with Crippen molar-refractivity contribution in [2.45, 2.75) is 6.54 Å². The molecule has 6 nitrogen and oxygen atoms in total. The Balaban J connectivity index is 1.52. The van der Waals surface area contributed by atoms with Crippen LogP contribution in [0.15, 0.2) is 77.4 Å². The molecule has 25 heavy (non-hydrogen) atoms. The molecule has 6 heteroatoms. The first-order chi connectivity index (χ1) is 12.2. The number of carbonyl (C=O) groups is 2. The summed E-state index contributed by atoms with van der Waals surface area (Å²) in [5.74, 6) is -0.865. The predicted octanol–water partition coefficient (Wildman–Crippen LogP) is 3.28. The van der Waals surface area contributed by atoms with E-state index in [2.05, 4.69) is 16.0 Å². The van der Waals surface area contributed by atoms with Gasteiger partial charge in [-0.3, -0.25) is 9.59 Å². The fourth-order valence-electron chi connectivity index (χ4n) is 2.17. The molecule has 0 atom stereocenters. The van der Waals surface area contributed by atoms with Crippen LogP contribution in [0.5, 0.6) is 0 Å². The van der Waals surface area contributed by atoms with Crippen molar-refractivity contribution in [1.82, 2.24) is 5.32 Å². The molecule has 0 saturated heterocycles. The van der Waals surface area contributed by atoms with Crippen LogP contribution < -0.4 is 16.0 Å². The van der Waals surface area contributed by atoms with Gasteiger partial charge in [0.1, 0.15) is 5.76 Å². The largest absolute Gasteiger partial charge is 0.467 e. The molecule has 0 aliphatic rings. The van der Waals surface area contributed by atoms with Crippen LogP contribution in [0.1, 0.15) is 5.76 Å². The van der Waals surface area contributed by atoms with E-state index in [9.17, 15) is 9.59 Å². The number of anilines is 3. The number of furan rings is 1. The van der Waals surface area contributed by atoms with E-state index >= 15 is 0 Å². The van der Waals surface area contributed by atoms with E-state index in [1.807, 2.05) is 42.5 Å². The van der Waals surface area contributed by atoms with Crippen molar-refractivity contribution in [2.24, 2.45) is 0 Å². The Morgan fingerprint density at radius 3 is 2.12 bits per heavy atom. The molecule has 0 fully saturated rings. The molecule has 2 aromatic carbocycles. The lowest BCUT2D eigenvalue weighted by molar-refractivity contribution is -0.136. The van der Waals surface area contributed by atoms with Gasteiger partial charge in [0.05, 0.1) is 12.8 Å². The Morgan fingerprint density at radius 2 is 1.44 bits per heavy atom. The normalized spacial score (nSPS) is 10.1. The molecule has 1 heterocycles. The average molecular weight is 335 g/mol. The number of nitrogens with one attached hydrogen (secondary N) is 3. The Labute approximate surface area is 144 Å². The number of hydrogen-bond donors (Lipinski definition) is 3. The Bertz CT molecular complexity index is 828. The van der Waals surface area contributed by atoms with Crippen molar-refractivity contribution < 1.29 is 14.0 Å². The van der Waals surface area contributed by atoms with E-state index in [1.54, 1.807) is 24.3 Å². The molecule has 2 amide bonds. The van der Waals surface area contributed by atoms with Gasteiger partial charge in [-0.05, 0) is 48.5 Å². The van der Waals surface area contributed by atoms with Crippen molar-refractivity contribution >= 4 is 28.9 Å². The first-order valence-corrected chi connectivity index (χ1v) is 7.74. The number of carbonyl (C=O) groups excluding carboxylic acids is 2. The molecule has 0 radical (unpaired) electrons. The number of para-hydroxylation sites is 1. The molecule has 3 aromatic rings. The topological polar surface area (TPSA) is 83.4 Å². The molecule has 0 bridgehead atoms. The molecule has 3 N–H and O–H groups in total. The summed E-state index contributed by atoms with van der Waals surface area (Å²) in [6.45, 7) is 0.166. The van der Waals surface area contributed by atoms with E-state index in [-0.39, 0.29) is 6.54 Å². The lowest BCUT2D eigenvalue weighted by Gasteiger charge is -2.08. The maximum Gasteiger partial charge on any atom is 0.313 e. The first-order valence-electron chi connectivity index (χ1n) is 7.74. The summed E-state index contributed by atoms with van der Waals surface area (Å²) >= 11 is 0. The summed E-state index contributed by atoms with van der Waals surface area (Å²) < 4.78 is 5.09. The molecule has 126 valence electrons. The van der Waals surface area contributed by atoms with Gasteiger partial charge >= 0.3 is 11.8 Å². The van der Waals surface area contributed by atoms with Gasteiger partial charge in [-0.1, -0.05) is 18.2 Å². The predicted molar refractivity (Wildman–Crippen MR) is 95.4 cm³/mol. The van der Waals surface area contributed by atoms with Crippen molar-refractivity contribution in [2.75, 3.05) is 10.6 Å². The van der Waals surface area contributed by atoms with Gasteiger partial charge in [-0.25, -0.2) is 0 Å². The average Bonchev–Trinajstić information content (AvgIpc) is 3.16. The monoisotopic (exact) mass is 335 g/mol. The van der Waals surface area contributed by atoms with Crippen molar-refractivity contribution in [3.8, 4) is 0 Å². The van der Waals surface area contributed by atoms with Crippen molar-refractivity contribution in [3.05, 3.63) is 78.8 Å². The van der Waals surface area contributed by atoms with Gasteiger partial charge in [0.15, 0.2) is 0 Å². The first kappa shape index (κ1) is 16.3. The summed E-state index contributed by atoms with van der Waals surface area (Å²) in [6.07, 6.45) is 1.51. The molecule has 3 rings (SSSR count). The quantitative estimate of drug-likeness (QED) is 0.625. The highest BCUT2D eigenvalue weighted by molar-refractivity contribution is 6.39. The third kappa shape index (κ3) is 4.71. The van der Waals surface area contributed by atoms with Crippen molar-refractivity contribution in [1.29, 1.82) is 0 Å². The van der Waals surface area contributed by atoms with Crippen LogP contribution in [0.4, 0.5) is 17.1 Å². The lowest BCUT2D eigenvalue weighted by Crippen LogP contribution is -2.34. The molecule has 0 unspecified atom stereocenters. The molecular formula is C19H17N3O3. The Morgan fingerprint density at radius 1 is 0.760 bits per heavy atom. The van der Waals surface area contributed by atoms with E-state index in [4.69, 9.17) is 4.42 Å². The number of rotatable bonds is 5. The van der Waals surface area contributed by atoms with E-state index in [0.717, 1.165) is 11.4 Å². The standard InChI is InChI=1S/C19H17N3O3/c23-18(20-13-17-7-4-12-25-17)19(24)22-16-10-8-15(9-11-16)21-14-5-2-1-3-6-14/h1-12,21H,13H2,(H,20,23)(H,22,24). The maximum absolute atomic E-state index is 11.9. The summed E-state index contributed by atoms with van der Waals surface area (Å²) in [4.78, 5) is 23.7. The van der Waals surface area contributed by atoms with E-state index < -0.39 is 11.8 Å². The molecular weight excluding hydrogens is 318 g/mol. The summed E-state index contributed by atoms with van der Waals surface area (Å²) in [7, 11) is 0. The van der Waals surface area contributed by atoms with Gasteiger partial charge in [0.2, 0.25) is 0 Å². The van der Waals surface area contributed by atoms with Crippen LogP contribution in [-0.2, 0) is 16.1 Å². The third-order valence-electron chi connectivity index (χ3n) is 3.41. The van der Waals surface area contributed by atoms with Gasteiger partial charge in [0.25, 0.3) is 0 Å². The zero-order valence-corrected chi connectivity index (χ0v) is 13.4. The second kappa shape index (κ2) is 7.83. The van der Waals surface area contributed by atoms with Crippen LogP contribution in [-0.4, -0.2) is 11.8 Å². The summed E-state index contributed by atoms with van der Waals surface area (Å²) in [6, 6.07) is 20.3. The smallest absolute Gasteiger partial charge is 0.313 e. The lowest BCUT2D eigenvalue weighted by atomic mass is 10.2. The summed E-state index contributed by atoms with van der Waals surface area (Å²) in [5, 5.41) is 8.29. The zero-order chi connectivity index (χ0) is 17.5. The molecule has 0 saturated carbocycles. The highest BCUT2D eigenvalue weighted by Crippen LogP contribution is 2.18. The SMILES string of the molecule is O=C(NCc1ccco1)C(=O)Nc1ccc(Nc2ccccc2)cc1. The highest BCUT2D eigenvalue weighted by atomic mass is 16.3. The second-order valence-corrected chi connectivity index (χ2v) is 5.28. The van der Waals surface area contributed by atoms with E-state index in [0.29, 0.717) is 11.4 Å². The van der Waals surface area contributed by atoms with Gasteiger partial charge in [0, 0.05) is 17.1 Å². The summed E-state index contributed by atoms with van der Waals surface area (Å²) in [5.41, 5.74) is 2.39. The van der Waals surface area contributed by atoms with Gasteiger partial charge < -0.3 is 20.4 Å². The van der Waals surface area contributed by atoms with Crippen LogP contribution in [0.2, 0.25) is 0 Å². The second-order valence-electron chi connectivity index (χ2n) is 5.28. The van der Waals surface area contributed by atoms with Gasteiger partial charge in [-0.15, -0.1) is 0 Å². The minimum absolute atomic E-state index is 0.166. The van der Waals surface area contributed by atoms with Gasteiger partial charge in [-0.2, -0.15) is 0 Å². The number of amides is 2. The fraction of sp³-hybridized carbons (Fsp3) is 0.0526. The Kier molecular flexibility index (Phi) is 5.11. The van der Waals surface area contributed by atoms with E-state index in [1.165, 1.54) is 6.26 Å². The molecule has 0 spiro atoms. The molecule has 1 aromatic heterocycles. The Hall–Kier alpha value is -3.54. The van der Waals surface area contributed by atoms with Crippen LogP contribution in [0.3, 0.4) is 0 Å². The highest BCUT2D eigenvalue weighted by Gasteiger charge is 2.13. The molecule has 0 aliphatic heterocycles. The molecule has 0 aliphatic carbocycles. The number of benzene rings is 2. The van der Waals surface area contributed by atoms with Crippen LogP contribution in [0, 0.1) is 0 Å². The third-order valence-corrected chi connectivity index (χ3v) is 3.41. The zero-order valence-electron chi connectivity index (χ0n) is 13.4. The van der Waals surface area contributed by atoms with Crippen LogP contribution >= 0.6 is 0 Å². The minimum atomic E-state index is -0.727. The number of hydrogen-bond acceptors (Lipinski definition) is 4. The van der Waals surface area contributed by atoms with Crippen LogP contribution in [0.25, 0.3) is 0 Å². The van der Waals surface area contributed by atoms with Crippen molar-refractivity contribution in [3.63, 3.8) is 0 Å². The fourth-order valence-corrected chi connectivity index (χ4v) is 2.17.